The van der Waals surface area contributed by atoms with Crippen molar-refractivity contribution in [3.8, 4) is 23.0 Å². The molecule has 3 atom stereocenters. The van der Waals surface area contributed by atoms with E-state index in [1.165, 1.54) is 24.3 Å². The van der Waals surface area contributed by atoms with Crippen LogP contribution < -0.4 is 18.9 Å². The molecule has 2 rings (SSSR count). The van der Waals surface area contributed by atoms with E-state index >= 15 is 0 Å². The first-order valence-electron chi connectivity index (χ1n) is 14.0. The highest BCUT2D eigenvalue weighted by atomic mass is 19.4. The Kier molecular flexibility index (Phi) is 14.6. The predicted molar refractivity (Wildman–Crippen MR) is 148 cm³/mol. The third-order valence-corrected chi connectivity index (χ3v) is 6.26. The highest BCUT2D eigenvalue weighted by molar-refractivity contribution is 5.91. The summed E-state index contributed by atoms with van der Waals surface area (Å²) in [6.07, 6.45) is -4.36. The van der Waals surface area contributed by atoms with Crippen molar-refractivity contribution in [2.24, 2.45) is 5.92 Å². The fraction of sp³-hybridized carbons (Fsp3) is 0.467. The first-order chi connectivity index (χ1) is 22.5. The fourth-order valence-electron chi connectivity index (χ4n) is 3.29. The third kappa shape index (κ3) is 11.1. The molecule has 0 radical (unpaired) electrons. The van der Waals surface area contributed by atoms with E-state index < -0.39 is 66.8 Å². The number of ether oxygens (including phenoxy) is 7. The van der Waals surface area contributed by atoms with Gasteiger partial charge in [0.05, 0.1) is 24.7 Å². The second-order valence-electron chi connectivity index (χ2n) is 9.85. The molecule has 0 saturated carbocycles. The monoisotopic (exact) mass is 700 g/mol. The van der Waals surface area contributed by atoms with Crippen molar-refractivity contribution in [2.45, 2.75) is 57.9 Å². The smallest absolute Gasteiger partial charge is 0.460 e. The average Bonchev–Trinajstić information content (AvgIpc) is 3.02. The lowest BCUT2D eigenvalue weighted by Crippen LogP contribution is -2.52. The molecule has 0 saturated heterocycles. The minimum absolute atomic E-state index is 0.0585. The summed E-state index contributed by atoms with van der Waals surface area (Å²) < 4.78 is 125. The molecule has 2 aromatic carbocycles. The van der Waals surface area contributed by atoms with E-state index in [1.807, 2.05) is 6.92 Å². The summed E-state index contributed by atoms with van der Waals surface area (Å²) in [5.74, 6) is -17.7. The lowest BCUT2D eigenvalue weighted by molar-refractivity contribution is -0.328. The molecule has 0 bridgehead atoms. The van der Waals surface area contributed by atoms with Crippen LogP contribution in [-0.2, 0) is 28.6 Å². The number of esters is 4. The van der Waals surface area contributed by atoms with E-state index in [-0.39, 0.29) is 30.7 Å². The molecule has 11 nitrogen and oxygen atoms in total. The highest BCUT2D eigenvalue weighted by Crippen LogP contribution is 2.39. The molecule has 3 unspecified atom stereocenters. The summed E-state index contributed by atoms with van der Waals surface area (Å²) in [6, 6.07) is 7.36. The molecular formula is C30H31F7O11. The van der Waals surface area contributed by atoms with Gasteiger partial charge in [-0.3, -0.25) is 9.53 Å². The molecule has 0 amide bonds. The number of hydrogen-bond donors (Lipinski definition) is 0. The Morgan fingerprint density at radius 1 is 0.750 bits per heavy atom. The molecule has 266 valence electrons. The Hall–Kier alpha value is -4.45. The molecule has 0 fully saturated rings. The van der Waals surface area contributed by atoms with Gasteiger partial charge in [-0.1, -0.05) is 13.8 Å². The highest BCUT2D eigenvalue weighted by Gasteiger charge is 2.65. The van der Waals surface area contributed by atoms with Crippen LogP contribution in [0.1, 0.15) is 50.4 Å². The van der Waals surface area contributed by atoms with Gasteiger partial charge >= 0.3 is 41.8 Å². The van der Waals surface area contributed by atoms with Crippen LogP contribution in [0.15, 0.2) is 42.5 Å². The Morgan fingerprint density at radius 2 is 1.33 bits per heavy atom. The van der Waals surface area contributed by atoms with Crippen molar-refractivity contribution in [3.05, 3.63) is 48.0 Å². The van der Waals surface area contributed by atoms with Crippen molar-refractivity contribution in [3.63, 3.8) is 0 Å². The van der Waals surface area contributed by atoms with Gasteiger partial charge < -0.3 is 28.4 Å². The summed E-state index contributed by atoms with van der Waals surface area (Å²) >= 11 is 0. The zero-order valence-corrected chi connectivity index (χ0v) is 25.7. The van der Waals surface area contributed by atoms with Gasteiger partial charge in [-0.15, -0.1) is 0 Å². The molecule has 48 heavy (non-hydrogen) atoms. The lowest BCUT2D eigenvalue weighted by atomic mass is 10.1. The lowest BCUT2D eigenvalue weighted by Gasteiger charge is -2.24. The van der Waals surface area contributed by atoms with Crippen LogP contribution in [-0.4, -0.2) is 68.7 Å². The molecule has 0 aliphatic heterocycles. The first kappa shape index (κ1) is 39.7. The van der Waals surface area contributed by atoms with Crippen molar-refractivity contribution >= 4 is 23.9 Å². The summed E-state index contributed by atoms with van der Waals surface area (Å²) in [5, 5.41) is 0. The van der Waals surface area contributed by atoms with Gasteiger partial charge in [-0.25, -0.2) is 23.2 Å². The maximum absolute atomic E-state index is 14.3. The summed E-state index contributed by atoms with van der Waals surface area (Å²) in [4.78, 5) is 48.6. The van der Waals surface area contributed by atoms with E-state index in [0.717, 1.165) is 6.07 Å². The Balaban J connectivity index is 2.16. The summed E-state index contributed by atoms with van der Waals surface area (Å²) in [7, 11) is 0. The van der Waals surface area contributed by atoms with Crippen LogP contribution in [0.4, 0.5) is 30.7 Å². The number of unbranched alkanes of at least 4 members (excludes halogenated alkanes) is 1. The minimum atomic E-state index is -6.14. The molecular weight excluding hydrogens is 669 g/mol. The zero-order valence-electron chi connectivity index (χ0n) is 25.7. The van der Waals surface area contributed by atoms with Crippen molar-refractivity contribution in [1.29, 1.82) is 0 Å². The quantitative estimate of drug-likeness (QED) is 0.0755. The van der Waals surface area contributed by atoms with Crippen molar-refractivity contribution in [1.82, 2.24) is 0 Å². The van der Waals surface area contributed by atoms with E-state index in [1.54, 1.807) is 6.92 Å². The largest absolute Gasteiger partial charge is 0.494 e. The summed E-state index contributed by atoms with van der Waals surface area (Å²) in [6.45, 7) is 0.305. The van der Waals surface area contributed by atoms with Crippen LogP contribution in [0.5, 0.6) is 23.0 Å². The number of carbonyl (C=O) groups excluding carboxylic acids is 4. The number of rotatable bonds is 18. The number of carbonyl (C=O) groups is 4. The van der Waals surface area contributed by atoms with Gasteiger partial charge in [0, 0.05) is 13.0 Å². The van der Waals surface area contributed by atoms with E-state index in [0.29, 0.717) is 44.1 Å². The Labute approximate surface area is 269 Å². The molecule has 2 aromatic rings. The van der Waals surface area contributed by atoms with E-state index in [2.05, 4.69) is 18.9 Å². The zero-order chi connectivity index (χ0) is 36.1. The van der Waals surface area contributed by atoms with Gasteiger partial charge in [0.15, 0.2) is 25.2 Å². The van der Waals surface area contributed by atoms with Crippen LogP contribution in [0, 0.1) is 5.92 Å². The first-order valence-corrected chi connectivity index (χ1v) is 14.0. The second-order valence-corrected chi connectivity index (χ2v) is 9.85. The van der Waals surface area contributed by atoms with Crippen LogP contribution >= 0.6 is 0 Å². The van der Waals surface area contributed by atoms with Gasteiger partial charge in [0.1, 0.15) is 11.5 Å². The maximum atomic E-state index is 14.3. The molecule has 0 aliphatic rings. The normalized spacial score (nSPS) is 14.5. The van der Waals surface area contributed by atoms with Crippen LogP contribution in [0.2, 0.25) is 0 Å². The second kappa shape index (κ2) is 17.6. The van der Waals surface area contributed by atoms with Crippen molar-refractivity contribution in [2.75, 3.05) is 26.9 Å². The average molecular weight is 701 g/mol. The Morgan fingerprint density at radius 3 is 1.92 bits per heavy atom. The number of benzene rings is 2. The standard InChI is InChI=1S/C30H31F7O11/c1-4-18(2)24(38)43-14-6-5-13-42-20-9-7-19(8-10-20)25(39)46-21-11-12-22(23(15-21)48-26(40)28(3,33)44-16-31)47-27(41)29(34,45-17-32)30(35,36)37/h7-12,15,18H,4-6,13-14,16-17H2,1-3H3. The number of alkyl halides is 7. The van der Waals surface area contributed by atoms with Crippen LogP contribution in [0.25, 0.3) is 0 Å². The number of halogens is 7. The molecule has 0 spiro atoms. The van der Waals surface area contributed by atoms with Gasteiger partial charge in [-0.2, -0.15) is 22.0 Å². The molecule has 0 aliphatic carbocycles. The van der Waals surface area contributed by atoms with Crippen LogP contribution in [0.3, 0.4) is 0 Å². The van der Waals surface area contributed by atoms with Gasteiger partial charge in [0.2, 0.25) is 0 Å². The third-order valence-electron chi connectivity index (χ3n) is 6.26. The minimum Gasteiger partial charge on any atom is -0.494 e. The van der Waals surface area contributed by atoms with E-state index in [9.17, 15) is 49.9 Å². The van der Waals surface area contributed by atoms with E-state index in [4.69, 9.17) is 14.2 Å². The number of hydrogen-bond acceptors (Lipinski definition) is 11. The predicted octanol–water partition coefficient (Wildman–Crippen LogP) is 6.27. The molecule has 18 heteroatoms. The summed E-state index contributed by atoms with van der Waals surface area (Å²) in [5.41, 5.74) is -0.0585. The van der Waals surface area contributed by atoms with Gasteiger partial charge in [0.25, 0.3) is 0 Å². The topological polar surface area (TPSA) is 133 Å². The van der Waals surface area contributed by atoms with Gasteiger partial charge in [-0.05, 0) is 55.7 Å². The SMILES string of the molecule is CCC(C)C(=O)OCCCCOc1ccc(C(=O)Oc2ccc(OC(=O)C(F)(OCF)C(F)(F)F)c(OC(=O)C(C)(F)OCF)c2)cc1. The molecule has 0 N–H and O–H groups in total. The fourth-order valence-corrected chi connectivity index (χ4v) is 3.29. The Bertz CT molecular complexity index is 1400. The molecule has 0 heterocycles. The maximum Gasteiger partial charge on any atom is 0.460 e. The molecule has 0 aromatic heterocycles. The van der Waals surface area contributed by atoms with Crippen molar-refractivity contribution < 1.29 is 83.1 Å².